The van der Waals surface area contributed by atoms with E-state index in [0.717, 1.165) is 16.6 Å². The molecule has 1 amide bonds. The van der Waals surface area contributed by atoms with Crippen LogP contribution < -0.4 is 5.32 Å². The highest BCUT2D eigenvalue weighted by Crippen LogP contribution is 2.23. The average Bonchev–Trinajstić information content (AvgIpc) is 3.02. The second kappa shape index (κ2) is 8.66. The van der Waals surface area contributed by atoms with Gasteiger partial charge in [0.2, 0.25) is 11.9 Å². The lowest BCUT2D eigenvalue weighted by Crippen LogP contribution is -2.46. The lowest BCUT2D eigenvalue weighted by molar-refractivity contribution is -0.137. The van der Waals surface area contributed by atoms with E-state index < -0.39 is 6.10 Å². The van der Waals surface area contributed by atoms with Crippen molar-refractivity contribution < 1.29 is 9.90 Å². The van der Waals surface area contributed by atoms with Gasteiger partial charge in [-0.15, -0.1) is 0 Å². The highest BCUT2D eigenvalue weighted by molar-refractivity contribution is 5.83. The van der Waals surface area contributed by atoms with Crippen LogP contribution in [0, 0.1) is 0 Å². The number of nitrogens with one attached hydrogen (secondary N) is 1. The minimum absolute atomic E-state index is 0.0182. The SMILES string of the molecule is C[C@@H](O)CNc1nc2ccccc2n1CC(=O)N(Cc1ccccc1)C(C)(C)C. The maximum absolute atomic E-state index is 13.4. The van der Waals surface area contributed by atoms with E-state index in [-0.39, 0.29) is 18.0 Å². The molecule has 154 valence electrons. The van der Waals surface area contributed by atoms with Crippen LogP contribution in [0.15, 0.2) is 54.6 Å². The van der Waals surface area contributed by atoms with Crippen molar-refractivity contribution in [2.45, 2.75) is 52.4 Å². The number of imidazole rings is 1. The molecule has 0 fully saturated rings. The maximum Gasteiger partial charge on any atom is 0.243 e. The quantitative estimate of drug-likeness (QED) is 0.642. The number of aliphatic hydroxyl groups is 1. The van der Waals surface area contributed by atoms with Crippen molar-refractivity contribution in [3.05, 3.63) is 60.2 Å². The van der Waals surface area contributed by atoms with Crippen molar-refractivity contribution in [2.75, 3.05) is 11.9 Å². The van der Waals surface area contributed by atoms with Gasteiger partial charge in [0, 0.05) is 18.6 Å². The third kappa shape index (κ3) is 5.15. The van der Waals surface area contributed by atoms with Crippen LogP contribution in [0.25, 0.3) is 11.0 Å². The smallest absolute Gasteiger partial charge is 0.243 e. The van der Waals surface area contributed by atoms with Crippen molar-refractivity contribution in [3.8, 4) is 0 Å². The van der Waals surface area contributed by atoms with Gasteiger partial charge >= 0.3 is 0 Å². The Kier molecular flexibility index (Phi) is 6.23. The molecule has 2 N–H and O–H groups in total. The van der Waals surface area contributed by atoms with E-state index >= 15 is 0 Å². The molecule has 0 aliphatic rings. The minimum atomic E-state index is -0.511. The number of aromatic nitrogens is 2. The average molecular weight is 395 g/mol. The normalized spacial score (nSPS) is 12.7. The Labute approximate surface area is 172 Å². The molecule has 1 atom stereocenters. The topological polar surface area (TPSA) is 70.4 Å². The fourth-order valence-electron chi connectivity index (χ4n) is 3.30. The number of amides is 1. The summed E-state index contributed by atoms with van der Waals surface area (Å²) in [6.45, 7) is 8.95. The highest BCUT2D eigenvalue weighted by atomic mass is 16.3. The van der Waals surface area contributed by atoms with Crippen molar-refractivity contribution in [3.63, 3.8) is 0 Å². The Balaban J connectivity index is 1.90. The van der Waals surface area contributed by atoms with Gasteiger partial charge in [0.25, 0.3) is 0 Å². The van der Waals surface area contributed by atoms with Crippen LogP contribution in [-0.4, -0.2) is 43.7 Å². The number of carbonyl (C=O) groups excluding carboxylic acids is 1. The molecular formula is C23H30N4O2. The first kappa shape index (κ1) is 20.9. The van der Waals surface area contributed by atoms with E-state index in [1.165, 1.54) is 0 Å². The summed E-state index contributed by atoms with van der Waals surface area (Å²) in [4.78, 5) is 19.9. The Morgan fingerprint density at radius 1 is 1.14 bits per heavy atom. The molecule has 0 unspecified atom stereocenters. The van der Waals surface area contributed by atoms with Crippen molar-refractivity contribution in [2.24, 2.45) is 0 Å². The van der Waals surface area contributed by atoms with Gasteiger partial charge in [-0.05, 0) is 45.4 Å². The Hall–Kier alpha value is -2.86. The number of rotatable bonds is 7. The molecule has 0 saturated heterocycles. The Morgan fingerprint density at radius 2 is 1.79 bits per heavy atom. The standard InChI is InChI=1S/C23H30N4O2/c1-17(28)14-24-22-25-19-12-8-9-13-20(19)26(22)16-21(29)27(23(2,3)4)15-18-10-6-5-7-11-18/h5-13,17,28H,14-16H2,1-4H3,(H,24,25)/t17-/m1/s1. The molecule has 29 heavy (non-hydrogen) atoms. The van der Waals surface area contributed by atoms with Crippen LogP contribution in [0.4, 0.5) is 5.95 Å². The van der Waals surface area contributed by atoms with Crippen molar-refractivity contribution >= 4 is 22.9 Å². The first-order valence-electron chi connectivity index (χ1n) is 9.97. The van der Waals surface area contributed by atoms with Crippen LogP contribution in [-0.2, 0) is 17.9 Å². The molecule has 3 aromatic rings. The van der Waals surface area contributed by atoms with Gasteiger partial charge in [0.05, 0.1) is 17.1 Å². The molecule has 3 rings (SSSR count). The van der Waals surface area contributed by atoms with Gasteiger partial charge in [-0.2, -0.15) is 0 Å². The number of benzene rings is 2. The van der Waals surface area contributed by atoms with Crippen molar-refractivity contribution in [1.29, 1.82) is 0 Å². The van der Waals surface area contributed by atoms with Crippen LogP contribution in [0.2, 0.25) is 0 Å². The maximum atomic E-state index is 13.4. The van der Waals surface area contributed by atoms with Crippen LogP contribution in [0.5, 0.6) is 0 Å². The van der Waals surface area contributed by atoms with E-state index in [2.05, 4.69) is 10.3 Å². The second-order valence-corrected chi connectivity index (χ2v) is 8.38. The number of para-hydroxylation sites is 2. The van der Waals surface area contributed by atoms with Gasteiger partial charge in [0.1, 0.15) is 6.54 Å². The van der Waals surface area contributed by atoms with Gasteiger partial charge in [0.15, 0.2) is 0 Å². The lowest BCUT2D eigenvalue weighted by atomic mass is 10.0. The van der Waals surface area contributed by atoms with Gasteiger partial charge in [-0.3, -0.25) is 4.79 Å². The molecule has 1 heterocycles. The number of fused-ring (bicyclic) bond motifs is 1. The predicted octanol–water partition coefficient (Wildman–Crippen LogP) is 3.66. The zero-order valence-electron chi connectivity index (χ0n) is 17.6. The van der Waals surface area contributed by atoms with Gasteiger partial charge in [-0.1, -0.05) is 42.5 Å². The number of hydrogen-bond donors (Lipinski definition) is 2. The lowest BCUT2D eigenvalue weighted by Gasteiger charge is -2.36. The summed E-state index contributed by atoms with van der Waals surface area (Å²) in [7, 11) is 0. The van der Waals surface area contributed by atoms with E-state index in [1.54, 1.807) is 6.92 Å². The molecule has 0 bridgehead atoms. The van der Waals surface area contributed by atoms with Crippen molar-refractivity contribution in [1.82, 2.24) is 14.5 Å². The first-order valence-corrected chi connectivity index (χ1v) is 9.97. The predicted molar refractivity (Wildman–Crippen MR) is 117 cm³/mol. The number of hydrogen-bond acceptors (Lipinski definition) is 4. The molecular weight excluding hydrogens is 364 g/mol. The third-order valence-electron chi connectivity index (χ3n) is 4.80. The molecule has 0 radical (unpaired) electrons. The van der Waals surface area contributed by atoms with E-state index in [1.807, 2.05) is 84.8 Å². The molecule has 0 aliphatic heterocycles. The summed E-state index contributed by atoms with van der Waals surface area (Å²) in [5.41, 5.74) is 2.48. The molecule has 0 spiro atoms. The summed E-state index contributed by atoms with van der Waals surface area (Å²) in [6, 6.07) is 17.8. The Bertz CT molecular complexity index is 958. The number of nitrogens with zero attached hydrogens (tertiary/aromatic N) is 3. The summed E-state index contributed by atoms with van der Waals surface area (Å²) in [5.74, 6) is 0.610. The van der Waals surface area contributed by atoms with Crippen LogP contribution >= 0.6 is 0 Å². The monoisotopic (exact) mass is 394 g/mol. The molecule has 2 aromatic carbocycles. The minimum Gasteiger partial charge on any atom is -0.392 e. The zero-order valence-corrected chi connectivity index (χ0v) is 17.6. The van der Waals surface area contributed by atoms with E-state index in [4.69, 9.17) is 0 Å². The van der Waals surface area contributed by atoms with E-state index in [0.29, 0.717) is 19.0 Å². The van der Waals surface area contributed by atoms with Gasteiger partial charge < -0.3 is 19.9 Å². The Morgan fingerprint density at radius 3 is 2.45 bits per heavy atom. The highest BCUT2D eigenvalue weighted by Gasteiger charge is 2.27. The summed E-state index contributed by atoms with van der Waals surface area (Å²) in [6.07, 6.45) is -0.511. The number of anilines is 1. The summed E-state index contributed by atoms with van der Waals surface area (Å²) < 4.78 is 1.89. The molecule has 6 nitrogen and oxygen atoms in total. The largest absolute Gasteiger partial charge is 0.392 e. The number of aliphatic hydroxyl groups excluding tert-OH is 1. The fourth-order valence-corrected chi connectivity index (χ4v) is 3.30. The van der Waals surface area contributed by atoms with Crippen LogP contribution in [0.3, 0.4) is 0 Å². The number of carbonyl (C=O) groups is 1. The van der Waals surface area contributed by atoms with E-state index in [9.17, 15) is 9.90 Å². The molecule has 0 aliphatic carbocycles. The van der Waals surface area contributed by atoms with Crippen LogP contribution in [0.1, 0.15) is 33.3 Å². The first-order chi connectivity index (χ1) is 13.8. The van der Waals surface area contributed by atoms with Gasteiger partial charge in [-0.25, -0.2) is 4.98 Å². The summed E-state index contributed by atoms with van der Waals surface area (Å²) in [5, 5.41) is 12.8. The third-order valence-corrected chi connectivity index (χ3v) is 4.80. The zero-order chi connectivity index (χ0) is 21.0. The molecule has 6 heteroatoms. The molecule has 0 saturated carbocycles. The molecule has 1 aromatic heterocycles. The summed E-state index contributed by atoms with van der Waals surface area (Å²) >= 11 is 0. The fraction of sp³-hybridized carbons (Fsp3) is 0.391. The second-order valence-electron chi connectivity index (χ2n) is 8.38.